The molecule has 0 radical (unpaired) electrons. The van der Waals surface area contributed by atoms with Gasteiger partial charge in [0, 0.05) is 12.6 Å². The summed E-state index contributed by atoms with van der Waals surface area (Å²) < 4.78 is 4.99. The minimum Gasteiger partial charge on any atom is -0.507 e. The van der Waals surface area contributed by atoms with E-state index in [1.54, 1.807) is 12.1 Å². The second kappa shape index (κ2) is 7.14. The van der Waals surface area contributed by atoms with E-state index in [2.05, 4.69) is 10.6 Å². The van der Waals surface area contributed by atoms with E-state index in [1.165, 1.54) is 26.0 Å². The molecule has 20 heavy (non-hydrogen) atoms. The summed E-state index contributed by atoms with van der Waals surface area (Å²) >= 11 is 0. The first kappa shape index (κ1) is 14.7. The van der Waals surface area contributed by atoms with E-state index in [4.69, 9.17) is 4.74 Å². The van der Waals surface area contributed by atoms with E-state index in [0.717, 1.165) is 19.5 Å². The van der Waals surface area contributed by atoms with Crippen LogP contribution >= 0.6 is 0 Å². The van der Waals surface area contributed by atoms with Gasteiger partial charge in [-0.3, -0.25) is 4.79 Å². The number of nitrogens with one attached hydrogen (secondary N) is 2. The van der Waals surface area contributed by atoms with Crippen LogP contribution in [0.1, 0.15) is 29.6 Å². The van der Waals surface area contributed by atoms with Gasteiger partial charge in [0.1, 0.15) is 11.5 Å². The molecule has 1 aromatic rings. The van der Waals surface area contributed by atoms with E-state index in [0.29, 0.717) is 18.2 Å². The van der Waals surface area contributed by atoms with Crippen LogP contribution in [0.4, 0.5) is 0 Å². The van der Waals surface area contributed by atoms with Crippen LogP contribution in [0, 0.1) is 5.92 Å². The quantitative estimate of drug-likeness (QED) is 0.764. The molecule has 110 valence electrons. The molecule has 1 heterocycles. The molecule has 2 rings (SSSR count). The van der Waals surface area contributed by atoms with Crippen molar-refractivity contribution in [2.45, 2.75) is 19.3 Å². The number of phenolic OH excluding ortho intramolecular Hbond substituents is 1. The van der Waals surface area contributed by atoms with Gasteiger partial charge in [-0.05, 0) is 50.4 Å². The molecule has 0 saturated carbocycles. The van der Waals surface area contributed by atoms with Crippen molar-refractivity contribution in [3.8, 4) is 11.5 Å². The highest BCUT2D eigenvalue weighted by Crippen LogP contribution is 2.23. The van der Waals surface area contributed by atoms with Crippen molar-refractivity contribution in [1.29, 1.82) is 0 Å². The van der Waals surface area contributed by atoms with Crippen molar-refractivity contribution in [2.24, 2.45) is 5.92 Å². The van der Waals surface area contributed by atoms with E-state index in [9.17, 15) is 9.90 Å². The predicted octanol–water partition coefficient (Wildman–Crippen LogP) is 1.52. The van der Waals surface area contributed by atoms with Crippen LogP contribution in [0.3, 0.4) is 0 Å². The molecule has 1 aliphatic heterocycles. The van der Waals surface area contributed by atoms with E-state index >= 15 is 0 Å². The van der Waals surface area contributed by atoms with Crippen LogP contribution in [0.2, 0.25) is 0 Å². The number of methoxy groups -OCH3 is 1. The van der Waals surface area contributed by atoms with Crippen LogP contribution in [0.5, 0.6) is 11.5 Å². The molecule has 5 nitrogen and oxygen atoms in total. The molecule has 0 bridgehead atoms. The Bertz CT molecular complexity index is 456. The second-order valence-electron chi connectivity index (χ2n) is 5.14. The van der Waals surface area contributed by atoms with E-state index < -0.39 is 0 Å². The molecule has 1 aromatic carbocycles. The van der Waals surface area contributed by atoms with Crippen molar-refractivity contribution in [3.63, 3.8) is 0 Å². The number of ether oxygens (including phenoxy) is 1. The van der Waals surface area contributed by atoms with Gasteiger partial charge in [-0.2, -0.15) is 0 Å². The third-order valence-electron chi connectivity index (χ3n) is 3.69. The Morgan fingerprint density at radius 2 is 2.40 bits per heavy atom. The normalized spacial score (nSPS) is 18.6. The van der Waals surface area contributed by atoms with Gasteiger partial charge in [0.2, 0.25) is 0 Å². The molecule has 1 fully saturated rings. The first-order valence-electron chi connectivity index (χ1n) is 7.06. The number of benzene rings is 1. The molecule has 0 spiro atoms. The summed E-state index contributed by atoms with van der Waals surface area (Å²) in [6.45, 7) is 2.77. The van der Waals surface area contributed by atoms with Gasteiger partial charge in [0.25, 0.3) is 5.91 Å². The van der Waals surface area contributed by atoms with Gasteiger partial charge in [-0.15, -0.1) is 0 Å². The lowest BCUT2D eigenvalue weighted by Gasteiger charge is -2.22. The predicted molar refractivity (Wildman–Crippen MR) is 77.2 cm³/mol. The number of aromatic hydroxyl groups is 1. The Kier molecular flexibility index (Phi) is 5.24. The molecule has 3 N–H and O–H groups in total. The number of carbonyl (C=O) groups excluding carboxylic acids is 1. The van der Waals surface area contributed by atoms with Crippen LogP contribution in [-0.4, -0.2) is 37.8 Å². The van der Waals surface area contributed by atoms with Crippen LogP contribution in [-0.2, 0) is 0 Å². The molecule has 5 heteroatoms. The fourth-order valence-electron chi connectivity index (χ4n) is 2.49. The molecule has 1 atom stereocenters. The molecule has 0 aliphatic carbocycles. The Morgan fingerprint density at radius 3 is 3.05 bits per heavy atom. The summed E-state index contributed by atoms with van der Waals surface area (Å²) in [5, 5.41) is 16.0. The number of rotatable bonds is 5. The summed E-state index contributed by atoms with van der Waals surface area (Å²) in [5.41, 5.74) is 0.285. The average molecular weight is 278 g/mol. The number of phenols is 1. The molecule has 1 amide bonds. The third-order valence-corrected chi connectivity index (χ3v) is 3.69. The summed E-state index contributed by atoms with van der Waals surface area (Å²) in [6.07, 6.45) is 3.39. The molecule has 1 aliphatic rings. The second-order valence-corrected chi connectivity index (χ2v) is 5.14. The number of piperidine rings is 1. The van der Waals surface area contributed by atoms with Gasteiger partial charge in [-0.25, -0.2) is 0 Å². The topological polar surface area (TPSA) is 70.6 Å². The van der Waals surface area contributed by atoms with Crippen molar-refractivity contribution in [1.82, 2.24) is 10.6 Å². The maximum absolute atomic E-state index is 12.0. The molecule has 1 saturated heterocycles. The lowest BCUT2D eigenvalue weighted by molar-refractivity contribution is 0.0948. The van der Waals surface area contributed by atoms with Crippen LogP contribution in [0.25, 0.3) is 0 Å². The van der Waals surface area contributed by atoms with Crippen LogP contribution in [0.15, 0.2) is 18.2 Å². The van der Waals surface area contributed by atoms with Crippen molar-refractivity contribution < 1.29 is 14.6 Å². The Morgan fingerprint density at radius 1 is 1.55 bits per heavy atom. The maximum Gasteiger partial charge on any atom is 0.255 e. The number of hydrogen-bond acceptors (Lipinski definition) is 4. The summed E-state index contributed by atoms with van der Waals surface area (Å²) in [6, 6.07) is 4.69. The maximum atomic E-state index is 12.0. The largest absolute Gasteiger partial charge is 0.507 e. The minimum atomic E-state index is -0.242. The number of amides is 1. The van der Waals surface area contributed by atoms with Gasteiger partial charge in [-0.1, -0.05) is 0 Å². The standard InChI is InChI=1S/C15H22N2O3/c1-20-12-4-5-13(14(18)9-12)15(19)17-8-6-11-3-2-7-16-10-11/h4-5,9,11,16,18H,2-3,6-8,10H2,1H3,(H,17,19). The lowest BCUT2D eigenvalue weighted by atomic mass is 9.96. The van der Waals surface area contributed by atoms with Crippen LogP contribution < -0.4 is 15.4 Å². The summed E-state index contributed by atoms with van der Waals surface area (Å²) in [7, 11) is 1.52. The minimum absolute atomic E-state index is 0.0545. The van der Waals surface area contributed by atoms with Gasteiger partial charge in [0.15, 0.2) is 0 Å². The zero-order valence-electron chi connectivity index (χ0n) is 11.8. The zero-order valence-corrected chi connectivity index (χ0v) is 11.8. The number of hydrogen-bond donors (Lipinski definition) is 3. The SMILES string of the molecule is COc1ccc(C(=O)NCCC2CCCNC2)c(O)c1. The highest BCUT2D eigenvalue weighted by Gasteiger charge is 2.15. The average Bonchev–Trinajstić information content (AvgIpc) is 2.48. The van der Waals surface area contributed by atoms with Crippen molar-refractivity contribution >= 4 is 5.91 Å². The van der Waals surface area contributed by atoms with Gasteiger partial charge in [0.05, 0.1) is 12.7 Å². The first-order valence-corrected chi connectivity index (χ1v) is 7.06. The fraction of sp³-hybridized carbons (Fsp3) is 0.533. The zero-order chi connectivity index (χ0) is 14.4. The Labute approximate surface area is 119 Å². The fourth-order valence-corrected chi connectivity index (χ4v) is 2.49. The summed E-state index contributed by atoms with van der Waals surface area (Å²) in [5.74, 6) is 0.871. The molecule has 0 aromatic heterocycles. The summed E-state index contributed by atoms with van der Waals surface area (Å²) in [4.78, 5) is 12.0. The molecular weight excluding hydrogens is 256 g/mol. The van der Waals surface area contributed by atoms with Gasteiger partial charge >= 0.3 is 0 Å². The molecular formula is C15H22N2O3. The highest BCUT2D eigenvalue weighted by molar-refractivity contribution is 5.96. The third kappa shape index (κ3) is 3.87. The monoisotopic (exact) mass is 278 g/mol. The van der Waals surface area contributed by atoms with E-state index in [-0.39, 0.29) is 17.2 Å². The van der Waals surface area contributed by atoms with Crippen molar-refractivity contribution in [2.75, 3.05) is 26.7 Å². The lowest BCUT2D eigenvalue weighted by Crippen LogP contribution is -2.33. The molecule has 1 unspecified atom stereocenters. The number of carbonyl (C=O) groups is 1. The Balaban J connectivity index is 1.82. The highest BCUT2D eigenvalue weighted by atomic mass is 16.5. The van der Waals surface area contributed by atoms with E-state index in [1.807, 2.05) is 0 Å². The first-order chi connectivity index (χ1) is 9.70. The van der Waals surface area contributed by atoms with Gasteiger partial charge < -0.3 is 20.5 Å². The smallest absolute Gasteiger partial charge is 0.255 e. The Hall–Kier alpha value is -1.75. The van der Waals surface area contributed by atoms with Crippen molar-refractivity contribution in [3.05, 3.63) is 23.8 Å².